The highest BCUT2D eigenvalue weighted by molar-refractivity contribution is 6.09. The average Bonchev–Trinajstić information content (AvgIpc) is 2.90. The molecule has 1 amide bonds. The van der Waals surface area contributed by atoms with Gasteiger partial charge in [-0.05, 0) is 12.1 Å². The van der Waals surface area contributed by atoms with E-state index in [1.807, 2.05) is 24.3 Å². The van der Waals surface area contributed by atoms with Crippen LogP contribution in [0.2, 0.25) is 0 Å². The van der Waals surface area contributed by atoms with E-state index in [-0.39, 0.29) is 12.2 Å². The molecule has 2 aromatic heterocycles. The molecule has 0 spiro atoms. The Morgan fingerprint density at radius 3 is 2.86 bits per heavy atom. The lowest BCUT2D eigenvalue weighted by atomic mass is 10.1. The number of H-pyrrole nitrogens is 1. The summed E-state index contributed by atoms with van der Waals surface area (Å²) in [7, 11) is 1.27. The molecule has 0 aliphatic heterocycles. The first kappa shape index (κ1) is 13.1. The lowest BCUT2D eigenvalue weighted by Crippen LogP contribution is -2.30. The van der Waals surface area contributed by atoms with Gasteiger partial charge in [-0.3, -0.25) is 9.59 Å². The molecule has 0 saturated carbocycles. The number of pyridine rings is 1. The predicted molar refractivity (Wildman–Crippen MR) is 77.9 cm³/mol. The molecule has 6 heteroatoms. The Labute approximate surface area is 120 Å². The van der Waals surface area contributed by atoms with Crippen LogP contribution in [0.3, 0.4) is 0 Å². The van der Waals surface area contributed by atoms with Crippen LogP contribution in [-0.4, -0.2) is 35.5 Å². The third-order valence-corrected chi connectivity index (χ3v) is 3.24. The van der Waals surface area contributed by atoms with Crippen LogP contribution in [-0.2, 0) is 9.53 Å². The number of ether oxygens (including phenoxy) is 1. The van der Waals surface area contributed by atoms with Gasteiger partial charge in [0.1, 0.15) is 12.2 Å². The number of aromatic nitrogens is 2. The van der Waals surface area contributed by atoms with Gasteiger partial charge < -0.3 is 15.0 Å². The first-order valence-corrected chi connectivity index (χ1v) is 6.40. The van der Waals surface area contributed by atoms with Crippen LogP contribution < -0.4 is 5.32 Å². The number of esters is 1. The molecule has 106 valence electrons. The van der Waals surface area contributed by atoms with Crippen molar-refractivity contribution < 1.29 is 14.3 Å². The van der Waals surface area contributed by atoms with Crippen molar-refractivity contribution in [2.75, 3.05) is 13.7 Å². The molecule has 1 aromatic carbocycles. The Hall–Kier alpha value is -2.89. The third kappa shape index (κ3) is 2.43. The van der Waals surface area contributed by atoms with Crippen molar-refractivity contribution in [3.63, 3.8) is 0 Å². The highest BCUT2D eigenvalue weighted by Gasteiger charge is 2.12. The van der Waals surface area contributed by atoms with Crippen LogP contribution in [0.5, 0.6) is 0 Å². The molecular weight excluding hydrogens is 270 g/mol. The minimum atomic E-state index is -0.503. The van der Waals surface area contributed by atoms with E-state index in [1.54, 1.807) is 12.3 Å². The third-order valence-electron chi connectivity index (χ3n) is 3.24. The molecule has 0 unspecified atom stereocenters. The average molecular weight is 283 g/mol. The second-order valence-corrected chi connectivity index (χ2v) is 4.54. The van der Waals surface area contributed by atoms with Gasteiger partial charge in [0, 0.05) is 16.3 Å². The van der Waals surface area contributed by atoms with Crippen LogP contribution in [0.1, 0.15) is 10.5 Å². The van der Waals surface area contributed by atoms with Gasteiger partial charge in [0.2, 0.25) is 0 Å². The van der Waals surface area contributed by atoms with Crippen molar-refractivity contribution in [2.45, 2.75) is 0 Å². The number of amides is 1. The fraction of sp³-hybridized carbons (Fsp3) is 0.133. The van der Waals surface area contributed by atoms with Gasteiger partial charge >= 0.3 is 5.97 Å². The number of rotatable bonds is 3. The molecule has 21 heavy (non-hydrogen) atoms. The maximum absolute atomic E-state index is 12.0. The lowest BCUT2D eigenvalue weighted by molar-refractivity contribution is -0.139. The molecule has 0 radical (unpaired) electrons. The number of hydrogen-bond donors (Lipinski definition) is 2. The van der Waals surface area contributed by atoms with Gasteiger partial charge in [0.05, 0.1) is 18.8 Å². The zero-order valence-corrected chi connectivity index (χ0v) is 11.3. The first-order chi connectivity index (χ1) is 10.2. The first-order valence-electron chi connectivity index (χ1n) is 6.40. The van der Waals surface area contributed by atoms with Crippen molar-refractivity contribution >= 4 is 33.7 Å². The Kier molecular flexibility index (Phi) is 3.27. The Balaban J connectivity index is 1.94. The van der Waals surface area contributed by atoms with Gasteiger partial charge in [-0.25, -0.2) is 4.98 Å². The normalized spacial score (nSPS) is 10.7. The second kappa shape index (κ2) is 5.24. The number of fused-ring (bicyclic) bond motifs is 3. The predicted octanol–water partition coefficient (Wildman–Crippen LogP) is 1.62. The summed E-state index contributed by atoms with van der Waals surface area (Å²) in [5, 5.41) is 4.41. The fourth-order valence-electron chi connectivity index (χ4n) is 2.19. The summed E-state index contributed by atoms with van der Waals surface area (Å²) >= 11 is 0. The second-order valence-electron chi connectivity index (χ2n) is 4.54. The van der Waals surface area contributed by atoms with E-state index in [0.29, 0.717) is 0 Å². The van der Waals surface area contributed by atoms with Gasteiger partial charge in [-0.2, -0.15) is 0 Å². The van der Waals surface area contributed by atoms with E-state index in [9.17, 15) is 9.59 Å². The quantitative estimate of drug-likeness (QED) is 0.715. The number of para-hydroxylation sites is 1. The number of hydrogen-bond acceptors (Lipinski definition) is 4. The van der Waals surface area contributed by atoms with Crippen LogP contribution in [0.15, 0.2) is 36.5 Å². The number of aromatic amines is 1. The molecule has 0 atom stereocenters. The Bertz CT molecular complexity index is 838. The van der Waals surface area contributed by atoms with E-state index in [4.69, 9.17) is 0 Å². The highest BCUT2D eigenvalue weighted by atomic mass is 16.5. The SMILES string of the molecule is COC(=O)CNC(=O)c1cc2c(cn1)[nH]c1ccccc12. The van der Waals surface area contributed by atoms with Crippen molar-refractivity contribution in [1.29, 1.82) is 0 Å². The summed E-state index contributed by atoms with van der Waals surface area (Å²) in [5.74, 6) is -0.913. The molecule has 0 saturated heterocycles. The van der Waals surface area contributed by atoms with Crippen LogP contribution in [0.4, 0.5) is 0 Å². The van der Waals surface area contributed by atoms with Crippen LogP contribution in [0, 0.1) is 0 Å². The Morgan fingerprint density at radius 2 is 2.05 bits per heavy atom. The molecule has 3 aromatic rings. The van der Waals surface area contributed by atoms with E-state index in [0.717, 1.165) is 21.8 Å². The van der Waals surface area contributed by atoms with E-state index in [1.165, 1.54) is 7.11 Å². The van der Waals surface area contributed by atoms with Gasteiger partial charge in [-0.1, -0.05) is 18.2 Å². The highest BCUT2D eigenvalue weighted by Crippen LogP contribution is 2.24. The number of benzene rings is 1. The number of nitrogens with zero attached hydrogens (tertiary/aromatic N) is 1. The number of nitrogens with one attached hydrogen (secondary N) is 2. The zero-order chi connectivity index (χ0) is 14.8. The molecule has 0 bridgehead atoms. The maximum Gasteiger partial charge on any atom is 0.325 e. The number of methoxy groups -OCH3 is 1. The molecule has 3 rings (SSSR count). The molecule has 6 nitrogen and oxygen atoms in total. The van der Waals surface area contributed by atoms with Crippen molar-refractivity contribution in [2.24, 2.45) is 0 Å². The summed E-state index contributed by atoms with van der Waals surface area (Å²) in [5.41, 5.74) is 2.11. The van der Waals surface area contributed by atoms with Crippen LogP contribution >= 0.6 is 0 Å². The summed E-state index contributed by atoms with van der Waals surface area (Å²) in [6.45, 7) is -0.178. The molecule has 2 heterocycles. The largest absolute Gasteiger partial charge is 0.468 e. The van der Waals surface area contributed by atoms with E-state index < -0.39 is 11.9 Å². The minimum absolute atomic E-state index is 0.178. The van der Waals surface area contributed by atoms with Crippen LogP contribution in [0.25, 0.3) is 21.8 Å². The topological polar surface area (TPSA) is 84.1 Å². The van der Waals surface area contributed by atoms with Gasteiger partial charge in [0.15, 0.2) is 0 Å². The minimum Gasteiger partial charge on any atom is -0.468 e. The van der Waals surface area contributed by atoms with Gasteiger partial charge in [0.25, 0.3) is 5.91 Å². The summed E-state index contributed by atoms with van der Waals surface area (Å²) in [6.07, 6.45) is 1.61. The van der Waals surface area contributed by atoms with E-state index in [2.05, 4.69) is 20.0 Å². The zero-order valence-electron chi connectivity index (χ0n) is 11.3. The number of carbonyl (C=O) groups is 2. The number of carbonyl (C=O) groups excluding carboxylic acids is 2. The summed E-state index contributed by atoms with van der Waals surface area (Å²) < 4.78 is 4.47. The lowest BCUT2D eigenvalue weighted by Gasteiger charge is -2.03. The van der Waals surface area contributed by atoms with Crippen molar-refractivity contribution in [3.8, 4) is 0 Å². The molecule has 0 fully saturated rings. The smallest absolute Gasteiger partial charge is 0.325 e. The monoisotopic (exact) mass is 283 g/mol. The summed E-state index contributed by atoms with van der Waals surface area (Å²) in [6, 6.07) is 9.53. The van der Waals surface area contributed by atoms with E-state index >= 15 is 0 Å². The fourth-order valence-corrected chi connectivity index (χ4v) is 2.19. The standard InChI is InChI=1S/C15H13N3O3/c1-21-14(19)8-17-15(20)12-6-10-9-4-2-3-5-11(9)18-13(10)7-16-12/h2-7,18H,8H2,1H3,(H,17,20). The van der Waals surface area contributed by atoms with Crippen molar-refractivity contribution in [1.82, 2.24) is 15.3 Å². The summed E-state index contributed by atoms with van der Waals surface area (Å²) in [4.78, 5) is 30.4. The van der Waals surface area contributed by atoms with Crippen molar-refractivity contribution in [3.05, 3.63) is 42.2 Å². The maximum atomic E-state index is 12.0. The molecule has 0 aliphatic rings. The Morgan fingerprint density at radius 1 is 1.24 bits per heavy atom. The molecule has 0 aliphatic carbocycles. The van der Waals surface area contributed by atoms with Gasteiger partial charge in [-0.15, -0.1) is 0 Å². The molecule has 2 N–H and O–H groups in total. The molecular formula is C15H13N3O3.